The Labute approximate surface area is 242 Å². The first kappa shape index (κ1) is 23.1. The molecular formula is C39H25N3. The Hall–Kier alpha value is -5.67. The predicted octanol–water partition coefficient (Wildman–Crippen LogP) is 10.1. The zero-order valence-corrected chi connectivity index (χ0v) is 22.8. The second kappa shape index (κ2) is 8.92. The SMILES string of the molecule is c1ccc(-c2cc3ccccc3cc2-c2cc3ccc(-n4c5ccccc5c5ccccc54)cc3c3ccnn23)cc1. The quantitative estimate of drug-likeness (QED) is 0.221. The molecule has 0 saturated heterocycles. The van der Waals surface area contributed by atoms with E-state index in [0.717, 1.165) is 16.9 Å². The third-order valence-electron chi connectivity index (χ3n) is 8.56. The maximum Gasteiger partial charge on any atom is 0.0747 e. The number of hydrogen-bond acceptors (Lipinski definition) is 1. The minimum absolute atomic E-state index is 1.08. The van der Waals surface area contributed by atoms with Crippen molar-refractivity contribution >= 4 is 48.9 Å². The van der Waals surface area contributed by atoms with Crippen molar-refractivity contribution in [3.05, 3.63) is 152 Å². The Morgan fingerprint density at radius 1 is 0.429 bits per heavy atom. The highest BCUT2D eigenvalue weighted by Crippen LogP contribution is 2.39. The van der Waals surface area contributed by atoms with Gasteiger partial charge in [0.2, 0.25) is 0 Å². The number of pyridine rings is 1. The van der Waals surface area contributed by atoms with Crippen LogP contribution in [0.15, 0.2) is 152 Å². The highest BCUT2D eigenvalue weighted by Gasteiger charge is 2.17. The lowest BCUT2D eigenvalue weighted by Gasteiger charge is -2.16. The summed E-state index contributed by atoms with van der Waals surface area (Å²) in [5.41, 5.74) is 9.31. The molecule has 0 N–H and O–H groups in total. The zero-order valence-electron chi connectivity index (χ0n) is 22.8. The van der Waals surface area contributed by atoms with E-state index in [2.05, 4.69) is 155 Å². The van der Waals surface area contributed by atoms with E-state index in [1.165, 1.54) is 60.0 Å². The van der Waals surface area contributed by atoms with Gasteiger partial charge in [-0.05, 0) is 75.8 Å². The average molecular weight is 536 g/mol. The van der Waals surface area contributed by atoms with Crippen LogP contribution in [0.4, 0.5) is 0 Å². The molecule has 0 radical (unpaired) electrons. The molecule has 42 heavy (non-hydrogen) atoms. The molecule has 0 unspecified atom stereocenters. The fourth-order valence-corrected chi connectivity index (χ4v) is 6.64. The number of para-hydroxylation sites is 2. The van der Waals surface area contributed by atoms with Gasteiger partial charge in [-0.15, -0.1) is 0 Å². The van der Waals surface area contributed by atoms with Crippen LogP contribution in [0.1, 0.15) is 0 Å². The van der Waals surface area contributed by atoms with Gasteiger partial charge in [0.1, 0.15) is 0 Å². The molecule has 3 aromatic heterocycles. The fourth-order valence-electron chi connectivity index (χ4n) is 6.64. The molecule has 0 saturated carbocycles. The van der Waals surface area contributed by atoms with Crippen LogP contribution in [0.5, 0.6) is 0 Å². The van der Waals surface area contributed by atoms with Crippen LogP contribution in [-0.2, 0) is 0 Å². The number of hydrogen-bond donors (Lipinski definition) is 0. The summed E-state index contributed by atoms with van der Waals surface area (Å²) >= 11 is 0. The van der Waals surface area contributed by atoms with Gasteiger partial charge < -0.3 is 4.57 Å². The van der Waals surface area contributed by atoms with E-state index in [9.17, 15) is 0 Å². The van der Waals surface area contributed by atoms with E-state index in [0.29, 0.717) is 0 Å². The summed E-state index contributed by atoms with van der Waals surface area (Å²) in [6.07, 6.45) is 1.91. The third-order valence-corrected chi connectivity index (χ3v) is 8.56. The molecule has 0 spiro atoms. The van der Waals surface area contributed by atoms with Crippen molar-refractivity contribution in [3.63, 3.8) is 0 Å². The molecule has 3 nitrogen and oxygen atoms in total. The lowest BCUT2D eigenvalue weighted by molar-refractivity contribution is 0.975. The van der Waals surface area contributed by atoms with E-state index in [4.69, 9.17) is 5.10 Å². The summed E-state index contributed by atoms with van der Waals surface area (Å²) < 4.78 is 4.48. The molecule has 0 aliphatic heterocycles. The van der Waals surface area contributed by atoms with E-state index >= 15 is 0 Å². The lowest BCUT2D eigenvalue weighted by atomic mass is 9.93. The van der Waals surface area contributed by atoms with Gasteiger partial charge in [0.25, 0.3) is 0 Å². The van der Waals surface area contributed by atoms with Crippen LogP contribution in [0.25, 0.3) is 76.9 Å². The maximum atomic E-state index is 4.86. The first-order valence-corrected chi connectivity index (χ1v) is 14.3. The van der Waals surface area contributed by atoms with Gasteiger partial charge in [-0.3, -0.25) is 0 Å². The van der Waals surface area contributed by atoms with E-state index < -0.39 is 0 Å². The van der Waals surface area contributed by atoms with Crippen LogP contribution in [-0.4, -0.2) is 14.2 Å². The minimum Gasteiger partial charge on any atom is -0.309 e. The Morgan fingerprint density at radius 2 is 1.07 bits per heavy atom. The molecule has 0 aliphatic carbocycles. The largest absolute Gasteiger partial charge is 0.309 e. The second-order valence-electron chi connectivity index (χ2n) is 10.9. The van der Waals surface area contributed by atoms with Gasteiger partial charge in [0, 0.05) is 27.4 Å². The van der Waals surface area contributed by atoms with Gasteiger partial charge in [-0.25, -0.2) is 4.52 Å². The predicted molar refractivity (Wildman–Crippen MR) is 175 cm³/mol. The summed E-state index contributed by atoms with van der Waals surface area (Å²) in [5, 5.41) is 12.2. The first-order valence-electron chi connectivity index (χ1n) is 14.3. The normalized spacial score (nSPS) is 11.8. The van der Waals surface area contributed by atoms with Gasteiger partial charge in [0.05, 0.1) is 28.4 Å². The summed E-state index contributed by atoms with van der Waals surface area (Å²) in [4.78, 5) is 0. The van der Waals surface area contributed by atoms with E-state index in [1.54, 1.807) is 0 Å². The summed E-state index contributed by atoms with van der Waals surface area (Å²) in [6, 6.07) is 52.4. The topological polar surface area (TPSA) is 22.2 Å². The summed E-state index contributed by atoms with van der Waals surface area (Å²) in [6.45, 7) is 0. The molecule has 9 rings (SSSR count). The minimum atomic E-state index is 1.08. The molecule has 196 valence electrons. The monoisotopic (exact) mass is 535 g/mol. The third kappa shape index (κ3) is 3.37. The Bertz CT molecular complexity index is 2410. The van der Waals surface area contributed by atoms with Gasteiger partial charge in [0.15, 0.2) is 0 Å². The van der Waals surface area contributed by atoms with Crippen LogP contribution in [0, 0.1) is 0 Å². The molecule has 0 aliphatic rings. The highest BCUT2D eigenvalue weighted by molar-refractivity contribution is 6.10. The van der Waals surface area contributed by atoms with Gasteiger partial charge in [-0.2, -0.15) is 5.10 Å². The van der Waals surface area contributed by atoms with Gasteiger partial charge in [-0.1, -0.05) is 97.1 Å². The van der Waals surface area contributed by atoms with Crippen molar-refractivity contribution in [2.45, 2.75) is 0 Å². The Balaban J connectivity index is 1.32. The zero-order chi connectivity index (χ0) is 27.6. The molecule has 0 fully saturated rings. The average Bonchev–Trinajstić information content (AvgIpc) is 3.68. The van der Waals surface area contributed by atoms with Crippen molar-refractivity contribution in [1.82, 2.24) is 14.2 Å². The molecule has 3 heterocycles. The van der Waals surface area contributed by atoms with Crippen molar-refractivity contribution in [1.29, 1.82) is 0 Å². The van der Waals surface area contributed by atoms with Crippen LogP contribution >= 0.6 is 0 Å². The molecule has 0 atom stereocenters. The summed E-state index contributed by atoms with van der Waals surface area (Å²) in [7, 11) is 0. The molecule has 3 heteroatoms. The molecule has 9 aromatic rings. The fraction of sp³-hybridized carbons (Fsp3) is 0. The lowest BCUT2D eigenvalue weighted by Crippen LogP contribution is -1.99. The van der Waals surface area contributed by atoms with Crippen molar-refractivity contribution in [2.24, 2.45) is 0 Å². The molecule has 6 aromatic carbocycles. The van der Waals surface area contributed by atoms with Crippen molar-refractivity contribution in [2.75, 3.05) is 0 Å². The van der Waals surface area contributed by atoms with Gasteiger partial charge >= 0.3 is 0 Å². The standard InChI is InChI=1S/C39H25N3/c1-2-10-26(11-3-1)33-22-27-12-4-5-13-28(27)23-35(33)39-24-29-18-19-30(25-34(29)38-20-21-40-42(38)39)41-36-16-8-6-14-31(36)32-15-7-9-17-37(32)41/h1-25H. The number of rotatable bonds is 3. The van der Waals surface area contributed by atoms with Crippen LogP contribution < -0.4 is 0 Å². The second-order valence-corrected chi connectivity index (χ2v) is 10.9. The van der Waals surface area contributed by atoms with Crippen molar-refractivity contribution < 1.29 is 0 Å². The Morgan fingerprint density at radius 3 is 1.81 bits per heavy atom. The smallest absolute Gasteiger partial charge is 0.0747 e. The summed E-state index contributed by atoms with van der Waals surface area (Å²) in [5.74, 6) is 0. The van der Waals surface area contributed by atoms with Crippen LogP contribution in [0.3, 0.4) is 0 Å². The van der Waals surface area contributed by atoms with E-state index in [-0.39, 0.29) is 0 Å². The highest BCUT2D eigenvalue weighted by atomic mass is 15.2. The van der Waals surface area contributed by atoms with E-state index in [1.807, 2.05) is 6.20 Å². The first-order chi connectivity index (χ1) is 20.8. The number of fused-ring (bicyclic) bond motifs is 7. The van der Waals surface area contributed by atoms with Crippen molar-refractivity contribution in [3.8, 4) is 28.1 Å². The molecule has 0 bridgehead atoms. The molecule has 0 amide bonds. The molecular weight excluding hydrogens is 510 g/mol. The maximum absolute atomic E-state index is 4.86. The van der Waals surface area contributed by atoms with Crippen LogP contribution in [0.2, 0.25) is 0 Å². The number of benzene rings is 6. The number of aromatic nitrogens is 3. The Kier molecular flexibility index (Phi) is 4.90. The number of nitrogens with zero attached hydrogens (tertiary/aromatic N) is 3.